The molecule has 4 aromatic rings. The third-order valence-corrected chi connectivity index (χ3v) is 6.97. The van der Waals surface area contributed by atoms with Gasteiger partial charge in [0.2, 0.25) is 0 Å². The SMILES string of the molecule is COc1ncc(CN[C@H]2CC[C@H](NC(=O)c3n[nH]c(-c4cc(C)c5ncnn5c4)c3C(C)C)CC2)cn1. The summed E-state index contributed by atoms with van der Waals surface area (Å²) in [5.74, 6) is -0.0142. The van der Waals surface area contributed by atoms with Gasteiger partial charge in [0.05, 0.1) is 12.8 Å². The molecule has 4 aromatic heterocycles. The Kier molecular flexibility index (Phi) is 7.13. The number of amides is 1. The van der Waals surface area contributed by atoms with Crippen molar-refractivity contribution in [2.24, 2.45) is 0 Å². The van der Waals surface area contributed by atoms with Crippen LogP contribution in [-0.2, 0) is 6.54 Å². The number of aromatic amines is 1. The lowest BCUT2D eigenvalue weighted by Crippen LogP contribution is -2.42. The molecule has 0 unspecified atom stereocenters. The van der Waals surface area contributed by atoms with E-state index in [0.29, 0.717) is 24.3 Å². The first-order valence-corrected chi connectivity index (χ1v) is 12.7. The number of carbonyl (C=O) groups excluding carboxylic acids is 1. The molecular formula is C26H33N9O2. The summed E-state index contributed by atoms with van der Waals surface area (Å²) in [5.41, 5.74) is 5.99. The van der Waals surface area contributed by atoms with Crippen LogP contribution >= 0.6 is 0 Å². The van der Waals surface area contributed by atoms with Gasteiger partial charge in [0.1, 0.15) is 6.33 Å². The third kappa shape index (κ3) is 5.31. The maximum atomic E-state index is 13.3. The Bertz CT molecular complexity index is 1370. The van der Waals surface area contributed by atoms with Crippen molar-refractivity contribution in [2.45, 2.75) is 71.0 Å². The Labute approximate surface area is 215 Å². The molecule has 0 radical (unpaired) electrons. The zero-order valence-corrected chi connectivity index (χ0v) is 21.7. The Morgan fingerprint density at radius 2 is 1.89 bits per heavy atom. The minimum Gasteiger partial charge on any atom is -0.467 e. The van der Waals surface area contributed by atoms with Gasteiger partial charge in [-0.05, 0) is 50.2 Å². The molecule has 37 heavy (non-hydrogen) atoms. The van der Waals surface area contributed by atoms with Crippen molar-refractivity contribution in [1.29, 1.82) is 0 Å². The van der Waals surface area contributed by atoms with Gasteiger partial charge in [-0.3, -0.25) is 9.89 Å². The molecule has 1 saturated carbocycles. The van der Waals surface area contributed by atoms with Crippen LogP contribution in [0.5, 0.6) is 6.01 Å². The number of pyridine rings is 1. The van der Waals surface area contributed by atoms with E-state index in [2.05, 4.69) is 60.8 Å². The third-order valence-electron chi connectivity index (χ3n) is 6.97. The zero-order valence-electron chi connectivity index (χ0n) is 21.7. The van der Waals surface area contributed by atoms with E-state index >= 15 is 0 Å². The summed E-state index contributed by atoms with van der Waals surface area (Å²) >= 11 is 0. The second kappa shape index (κ2) is 10.6. The molecule has 1 amide bonds. The van der Waals surface area contributed by atoms with Crippen LogP contribution < -0.4 is 15.4 Å². The van der Waals surface area contributed by atoms with E-state index < -0.39 is 0 Å². The van der Waals surface area contributed by atoms with Crippen molar-refractivity contribution in [1.82, 2.24) is 45.4 Å². The summed E-state index contributed by atoms with van der Waals surface area (Å²) in [6, 6.07) is 2.95. The molecule has 11 nitrogen and oxygen atoms in total. The maximum absolute atomic E-state index is 13.3. The fraction of sp³-hybridized carbons (Fsp3) is 0.462. The van der Waals surface area contributed by atoms with Gasteiger partial charge in [-0.25, -0.2) is 19.5 Å². The van der Waals surface area contributed by atoms with Crippen LogP contribution in [0.2, 0.25) is 0 Å². The van der Waals surface area contributed by atoms with Gasteiger partial charge >= 0.3 is 6.01 Å². The predicted molar refractivity (Wildman–Crippen MR) is 138 cm³/mol. The van der Waals surface area contributed by atoms with E-state index in [1.807, 2.05) is 13.1 Å². The van der Waals surface area contributed by atoms with Gasteiger partial charge in [0.25, 0.3) is 5.91 Å². The predicted octanol–water partition coefficient (Wildman–Crippen LogP) is 3.18. The number of carbonyl (C=O) groups is 1. The van der Waals surface area contributed by atoms with Crippen LogP contribution in [0, 0.1) is 6.92 Å². The number of H-pyrrole nitrogens is 1. The Balaban J connectivity index is 1.21. The molecule has 0 saturated heterocycles. The molecule has 1 fully saturated rings. The average Bonchev–Trinajstić information content (AvgIpc) is 3.56. The molecular weight excluding hydrogens is 470 g/mol. The summed E-state index contributed by atoms with van der Waals surface area (Å²) in [7, 11) is 1.56. The minimum absolute atomic E-state index is 0.114. The molecule has 0 aromatic carbocycles. The Morgan fingerprint density at radius 1 is 1.16 bits per heavy atom. The van der Waals surface area contributed by atoms with Crippen molar-refractivity contribution in [3.8, 4) is 17.3 Å². The molecule has 4 heterocycles. The van der Waals surface area contributed by atoms with Crippen LogP contribution in [-0.4, -0.2) is 59.9 Å². The first-order chi connectivity index (χ1) is 17.9. The van der Waals surface area contributed by atoms with Crippen molar-refractivity contribution in [3.63, 3.8) is 0 Å². The van der Waals surface area contributed by atoms with Crippen molar-refractivity contribution in [2.75, 3.05) is 7.11 Å². The molecule has 1 aliphatic carbocycles. The number of nitrogens with one attached hydrogen (secondary N) is 3. The number of ether oxygens (including phenoxy) is 1. The second-order valence-electron chi connectivity index (χ2n) is 9.94. The fourth-order valence-electron chi connectivity index (χ4n) is 5.03. The molecule has 1 aliphatic rings. The van der Waals surface area contributed by atoms with Gasteiger partial charge < -0.3 is 15.4 Å². The summed E-state index contributed by atoms with van der Waals surface area (Å²) < 4.78 is 6.76. The van der Waals surface area contributed by atoms with Crippen LogP contribution in [0.4, 0.5) is 0 Å². The van der Waals surface area contributed by atoms with E-state index in [0.717, 1.165) is 59.3 Å². The molecule has 0 atom stereocenters. The number of nitrogens with zero attached hydrogens (tertiary/aromatic N) is 6. The lowest BCUT2D eigenvalue weighted by molar-refractivity contribution is 0.0917. The fourth-order valence-corrected chi connectivity index (χ4v) is 5.03. The summed E-state index contributed by atoms with van der Waals surface area (Å²) in [4.78, 5) is 25.9. The number of aryl methyl sites for hydroxylation is 1. The molecule has 3 N–H and O–H groups in total. The highest BCUT2D eigenvalue weighted by atomic mass is 16.5. The van der Waals surface area contributed by atoms with E-state index in [4.69, 9.17) is 4.74 Å². The van der Waals surface area contributed by atoms with E-state index in [9.17, 15) is 4.79 Å². The molecule has 5 rings (SSSR count). The Hall–Kier alpha value is -3.86. The normalized spacial score (nSPS) is 17.9. The van der Waals surface area contributed by atoms with Gasteiger partial charge in [0.15, 0.2) is 11.3 Å². The number of fused-ring (bicyclic) bond motifs is 1. The van der Waals surface area contributed by atoms with Crippen molar-refractivity contribution >= 4 is 11.6 Å². The van der Waals surface area contributed by atoms with Gasteiger partial charge in [-0.2, -0.15) is 10.2 Å². The van der Waals surface area contributed by atoms with Crippen molar-refractivity contribution in [3.05, 3.63) is 53.4 Å². The van der Waals surface area contributed by atoms with Crippen LogP contribution in [0.1, 0.15) is 72.6 Å². The number of rotatable bonds is 8. The van der Waals surface area contributed by atoms with Crippen LogP contribution in [0.3, 0.4) is 0 Å². The zero-order chi connectivity index (χ0) is 25.9. The smallest absolute Gasteiger partial charge is 0.316 e. The highest BCUT2D eigenvalue weighted by Crippen LogP contribution is 2.31. The molecule has 0 bridgehead atoms. The topological polar surface area (TPSA) is 135 Å². The summed E-state index contributed by atoms with van der Waals surface area (Å²) in [6.07, 6.45) is 10.8. The van der Waals surface area contributed by atoms with E-state index in [1.54, 1.807) is 30.3 Å². The maximum Gasteiger partial charge on any atom is 0.316 e. The van der Waals surface area contributed by atoms with E-state index in [-0.39, 0.29) is 17.9 Å². The quantitative estimate of drug-likeness (QED) is 0.334. The Morgan fingerprint density at radius 3 is 2.59 bits per heavy atom. The standard InChI is InChI=1S/C26H33N9O2/c1-15(2)21-22(18-9-16(3)24-30-14-31-35(24)13-18)33-34-23(21)25(36)32-20-7-5-19(6-8-20)27-10-17-11-28-26(37-4)29-12-17/h9,11-15,19-20,27H,5-8,10H2,1-4H3,(H,32,36)(H,33,34)/t19-,20-. The van der Waals surface area contributed by atoms with Gasteiger partial charge in [-0.1, -0.05) is 13.8 Å². The van der Waals surface area contributed by atoms with Gasteiger partial charge in [0, 0.05) is 53.9 Å². The van der Waals surface area contributed by atoms with E-state index in [1.165, 1.54) is 0 Å². The van der Waals surface area contributed by atoms with Gasteiger partial charge in [-0.15, -0.1) is 0 Å². The lowest BCUT2D eigenvalue weighted by atomic mass is 9.90. The monoisotopic (exact) mass is 503 g/mol. The highest BCUT2D eigenvalue weighted by molar-refractivity contribution is 5.96. The molecule has 0 spiro atoms. The molecule has 11 heteroatoms. The highest BCUT2D eigenvalue weighted by Gasteiger charge is 2.27. The molecule has 0 aliphatic heterocycles. The molecule has 194 valence electrons. The minimum atomic E-state index is -0.128. The lowest BCUT2D eigenvalue weighted by Gasteiger charge is -2.29. The largest absolute Gasteiger partial charge is 0.467 e. The number of hydrogen-bond donors (Lipinski definition) is 3. The van der Waals surface area contributed by atoms with Crippen LogP contribution in [0.25, 0.3) is 16.9 Å². The second-order valence-corrected chi connectivity index (χ2v) is 9.94. The van der Waals surface area contributed by atoms with Crippen LogP contribution in [0.15, 0.2) is 31.0 Å². The van der Waals surface area contributed by atoms with Crippen molar-refractivity contribution < 1.29 is 9.53 Å². The first kappa shape index (κ1) is 24.8. The number of aromatic nitrogens is 7. The first-order valence-electron chi connectivity index (χ1n) is 12.7. The number of methoxy groups -OCH3 is 1. The summed E-state index contributed by atoms with van der Waals surface area (Å²) in [6.45, 7) is 6.87. The number of hydrogen-bond acceptors (Lipinski definition) is 8. The average molecular weight is 504 g/mol. The summed E-state index contributed by atoms with van der Waals surface area (Å²) in [5, 5.41) is 18.7.